The summed E-state index contributed by atoms with van der Waals surface area (Å²) in [5.74, 6) is -1.50. The fraction of sp³-hybridized carbons (Fsp3) is 0.400. The summed E-state index contributed by atoms with van der Waals surface area (Å²) < 4.78 is 15.8. The van der Waals surface area contributed by atoms with E-state index in [1.54, 1.807) is 31.2 Å². The molecule has 2 saturated carbocycles. The molecule has 2 aliphatic heterocycles. The van der Waals surface area contributed by atoms with Gasteiger partial charge < -0.3 is 5.32 Å². The van der Waals surface area contributed by atoms with Gasteiger partial charge in [0.2, 0.25) is 11.8 Å². The van der Waals surface area contributed by atoms with E-state index < -0.39 is 29.7 Å². The largest absolute Gasteiger partial charge is 0.385 e. The van der Waals surface area contributed by atoms with Crippen molar-refractivity contribution in [1.29, 1.82) is 0 Å². The van der Waals surface area contributed by atoms with Gasteiger partial charge in [0, 0.05) is 36.3 Å². The van der Waals surface area contributed by atoms with Gasteiger partial charge in [-0.1, -0.05) is 0 Å². The molecule has 2 N–H and O–H groups in total. The lowest BCUT2D eigenvalue weighted by atomic mass is 9.80. The minimum Gasteiger partial charge on any atom is -0.385 e. The summed E-state index contributed by atoms with van der Waals surface area (Å²) >= 11 is 0. The van der Waals surface area contributed by atoms with Crippen molar-refractivity contribution in [1.82, 2.24) is 25.0 Å². The van der Waals surface area contributed by atoms with Gasteiger partial charge in [-0.25, -0.2) is 9.37 Å². The molecule has 3 aromatic rings. The number of carbonyl (C=O) groups excluding carboxylic acids is 4. The maximum absolute atomic E-state index is 13.8. The standard InChI is InChI=1S/C30H29FN6O4/c1-15-23(31)6-7-24(33-15)22-14-36(35-27(22)17-2-3-17)19-10-16(11-19)13-32-18-4-5-20-21(12-18)30(41)37(29(20)40)25-8-9-26(38)34-28(25)39/h4-7,12,14,16-17,19,25,32H,2-3,8-11,13H2,1H3,(H,34,38,39). The Balaban J connectivity index is 0.991. The lowest BCUT2D eigenvalue weighted by molar-refractivity contribution is -0.136. The van der Waals surface area contributed by atoms with Crippen LogP contribution in [0.2, 0.25) is 0 Å². The van der Waals surface area contributed by atoms with Gasteiger partial charge >= 0.3 is 0 Å². The molecule has 0 bridgehead atoms. The number of rotatable bonds is 7. The Labute approximate surface area is 235 Å². The number of carbonyl (C=O) groups is 4. The molecule has 41 heavy (non-hydrogen) atoms. The Hall–Kier alpha value is -4.41. The Kier molecular flexibility index (Phi) is 5.98. The molecule has 10 nitrogen and oxygen atoms in total. The summed E-state index contributed by atoms with van der Waals surface area (Å²) in [6.07, 6.45) is 6.38. The Morgan fingerprint density at radius 1 is 1.00 bits per heavy atom. The second kappa shape index (κ2) is 9.60. The number of pyridine rings is 1. The average molecular weight is 557 g/mol. The van der Waals surface area contributed by atoms with Gasteiger partial charge in [0.1, 0.15) is 11.9 Å². The van der Waals surface area contributed by atoms with E-state index in [9.17, 15) is 23.6 Å². The van der Waals surface area contributed by atoms with E-state index in [1.807, 2.05) is 4.68 Å². The predicted molar refractivity (Wildman–Crippen MR) is 145 cm³/mol. The molecule has 1 atom stereocenters. The molecule has 4 amide bonds. The first-order valence-electron chi connectivity index (χ1n) is 14.1. The number of nitrogens with one attached hydrogen (secondary N) is 2. The highest BCUT2D eigenvalue weighted by Crippen LogP contribution is 2.45. The van der Waals surface area contributed by atoms with Gasteiger partial charge in [0.05, 0.1) is 34.3 Å². The number of aryl methyl sites for hydroxylation is 1. The molecular weight excluding hydrogens is 527 g/mol. The molecule has 210 valence electrons. The molecule has 0 radical (unpaired) electrons. The average Bonchev–Trinajstić information content (AvgIpc) is 3.63. The van der Waals surface area contributed by atoms with Crippen molar-refractivity contribution in [3.05, 3.63) is 64.9 Å². The van der Waals surface area contributed by atoms with Crippen LogP contribution in [0.4, 0.5) is 10.1 Å². The van der Waals surface area contributed by atoms with Crippen LogP contribution in [-0.4, -0.2) is 55.9 Å². The molecule has 4 aliphatic rings. The van der Waals surface area contributed by atoms with Gasteiger partial charge in [-0.05, 0) is 75.3 Å². The first-order valence-corrected chi connectivity index (χ1v) is 14.1. The fourth-order valence-electron chi connectivity index (χ4n) is 6.07. The lowest BCUT2D eigenvalue weighted by Crippen LogP contribution is -2.54. The Morgan fingerprint density at radius 2 is 1.78 bits per heavy atom. The zero-order valence-electron chi connectivity index (χ0n) is 22.5. The summed E-state index contributed by atoms with van der Waals surface area (Å²) in [5, 5.41) is 10.5. The van der Waals surface area contributed by atoms with Crippen molar-refractivity contribution in [3.63, 3.8) is 0 Å². The van der Waals surface area contributed by atoms with Crippen molar-refractivity contribution in [2.24, 2.45) is 5.92 Å². The number of imide groups is 2. The molecule has 11 heteroatoms. The summed E-state index contributed by atoms with van der Waals surface area (Å²) in [6, 6.07) is 7.53. The van der Waals surface area contributed by atoms with Crippen LogP contribution in [0.5, 0.6) is 0 Å². The van der Waals surface area contributed by atoms with E-state index in [0.717, 1.165) is 53.2 Å². The predicted octanol–water partition coefficient (Wildman–Crippen LogP) is 3.73. The number of fused-ring (bicyclic) bond motifs is 1. The quantitative estimate of drug-likeness (QED) is 0.425. The number of nitrogens with zero attached hydrogens (tertiary/aromatic N) is 4. The van der Waals surface area contributed by atoms with E-state index in [1.165, 1.54) is 6.07 Å². The Bertz CT molecular complexity index is 1620. The molecule has 2 aliphatic carbocycles. The van der Waals surface area contributed by atoms with Gasteiger partial charge in [0.15, 0.2) is 0 Å². The van der Waals surface area contributed by atoms with Gasteiger partial charge in [-0.15, -0.1) is 0 Å². The third-order valence-corrected chi connectivity index (χ3v) is 8.64. The maximum Gasteiger partial charge on any atom is 0.262 e. The molecule has 1 unspecified atom stereocenters. The minimum absolute atomic E-state index is 0.0868. The first-order chi connectivity index (χ1) is 19.8. The highest BCUT2D eigenvalue weighted by molar-refractivity contribution is 6.23. The highest BCUT2D eigenvalue weighted by atomic mass is 19.1. The zero-order valence-corrected chi connectivity index (χ0v) is 22.5. The third-order valence-electron chi connectivity index (χ3n) is 8.64. The lowest BCUT2D eigenvalue weighted by Gasteiger charge is -2.35. The van der Waals surface area contributed by atoms with Crippen molar-refractivity contribution >= 4 is 29.3 Å². The second-order valence-electron chi connectivity index (χ2n) is 11.5. The summed E-state index contributed by atoms with van der Waals surface area (Å²) in [5.41, 5.74) is 4.44. The van der Waals surface area contributed by atoms with Gasteiger partial charge in [-0.3, -0.25) is 34.1 Å². The summed E-state index contributed by atoms with van der Waals surface area (Å²) in [7, 11) is 0. The normalized spacial score (nSPS) is 23.9. The smallest absolute Gasteiger partial charge is 0.262 e. The number of amides is 4. The molecule has 4 heterocycles. The van der Waals surface area contributed by atoms with E-state index in [0.29, 0.717) is 24.1 Å². The van der Waals surface area contributed by atoms with Crippen LogP contribution in [0.15, 0.2) is 36.5 Å². The molecule has 0 spiro atoms. The second-order valence-corrected chi connectivity index (χ2v) is 11.5. The van der Waals surface area contributed by atoms with Crippen LogP contribution in [0.25, 0.3) is 11.3 Å². The maximum atomic E-state index is 13.8. The van der Waals surface area contributed by atoms with Crippen molar-refractivity contribution in [3.8, 4) is 11.3 Å². The molecule has 3 fully saturated rings. The minimum atomic E-state index is -0.977. The molecule has 2 aromatic heterocycles. The third kappa shape index (κ3) is 4.49. The zero-order chi connectivity index (χ0) is 28.4. The topological polar surface area (TPSA) is 126 Å². The van der Waals surface area contributed by atoms with Crippen molar-refractivity contribution < 1.29 is 23.6 Å². The number of hydrogen-bond acceptors (Lipinski definition) is 7. The SMILES string of the molecule is Cc1nc(-c2cn(C3CC(CNc4ccc5c(c4)C(=O)N(C4CCC(=O)NC4=O)C5=O)C3)nc2C2CC2)ccc1F. The summed E-state index contributed by atoms with van der Waals surface area (Å²) in [4.78, 5) is 55.2. The highest BCUT2D eigenvalue weighted by Gasteiger charge is 2.44. The number of aromatic nitrogens is 3. The molecule has 7 rings (SSSR count). The van der Waals surface area contributed by atoms with Crippen LogP contribution in [0.3, 0.4) is 0 Å². The van der Waals surface area contributed by atoms with Gasteiger partial charge in [0.25, 0.3) is 11.8 Å². The van der Waals surface area contributed by atoms with Crippen molar-refractivity contribution in [2.45, 2.75) is 63.5 Å². The van der Waals surface area contributed by atoms with Crippen LogP contribution in [-0.2, 0) is 9.59 Å². The monoisotopic (exact) mass is 556 g/mol. The van der Waals surface area contributed by atoms with E-state index >= 15 is 0 Å². The van der Waals surface area contributed by atoms with Crippen LogP contribution in [0, 0.1) is 18.7 Å². The first kappa shape index (κ1) is 25.6. The number of anilines is 1. The van der Waals surface area contributed by atoms with Crippen molar-refractivity contribution in [2.75, 3.05) is 11.9 Å². The number of halogens is 1. The molecule has 1 aromatic carbocycles. The summed E-state index contributed by atoms with van der Waals surface area (Å²) in [6.45, 7) is 2.38. The van der Waals surface area contributed by atoms with Crippen LogP contribution in [0.1, 0.15) is 82.6 Å². The Morgan fingerprint density at radius 3 is 2.51 bits per heavy atom. The van der Waals surface area contributed by atoms with Crippen LogP contribution < -0.4 is 10.6 Å². The fourth-order valence-corrected chi connectivity index (χ4v) is 6.07. The number of benzene rings is 1. The molecular formula is C30H29FN6O4. The number of hydrogen-bond donors (Lipinski definition) is 2. The molecule has 1 saturated heterocycles. The van der Waals surface area contributed by atoms with Crippen LogP contribution >= 0.6 is 0 Å². The van der Waals surface area contributed by atoms with Gasteiger partial charge in [-0.2, -0.15) is 5.10 Å². The van der Waals surface area contributed by atoms with E-state index in [2.05, 4.69) is 21.8 Å². The number of piperidine rings is 1. The van der Waals surface area contributed by atoms with E-state index in [-0.39, 0.29) is 35.8 Å². The van der Waals surface area contributed by atoms with E-state index in [4.69, 9.17) is 5.10 Å².